The van der Waals surface area contributed by atoms with E-state index in [1.807, 2.05) is 0 Å². The third-order valence-corrected chi connectivity index (χ3v) is 5.18. The maximum absolute atomic E-state index is 13.8. The third kappa shape index (κ3) is 5.33. The molecule has 35 heavy (non-hydrogen) atoms. The molecule has 2 aromatic carbocycles. The zero-order chi connectivity index (χ0) is 26.3. The van der Waals surface area contributed by atoms with E-state index in [0.29, 0.717) is 17.1 Å². The SMILES string of the molecule is CCn1c(C(=O)NC(c2ccc(F)c(C(F)(F)F)c2)C(F)(F)F)cc2cc(OC(=O)O)c(C)cc21. The first-order valence-corrected chi connectivity index (χ1v) is 9.92. The van der Waals surface area contributed by atoms with Crippen molar-refractivity contribution in [1.82, 2.24) is 9.88 Å². The van der Waals surface area contributed by atoms with Crippen LogP contribution in [0.25, 0.3) is 10.9 Å². The van der Waals surface area contributed by atoms with Crippen molar-refractivity contribution in [1.29, 1.82) is 0 Å². The average molecular weight is 506 g/mol. The van der Waals surface area contributed by atoms with Crippen LogP contribution in [0.15, 0.2) is 36.4 Å². The van der Waals surface area contributed by atoms with Crippen LogP contribution < -0.4 is 10.1 Å². The van der Waals surface area contributed by atoms with Gasteiger partial charge in [-0.25, -0.2) is 9.18 Å². The van der Waals surface area contributed by atoms with Crippen LogP contribution in [0.2, 0.25) is 0 Å². The number of carbonyl (C=O) groups is 2. The maximum Gasteiger partial charge on any atom is 0.511 e. The van der Waals surface area contributed by atoms with Gasteiger partial charge < -0.3 is 19.7 Å². The van der Waals surface area contributed by atoms with Crippen LogP contribution in [0.5, 0.6) is 5.75 Å². The highest BCUT2D eigenvalue weighted by atomic mass is 19.4. The van der Waals surface area contributed by atoms with Crippen molar-refractivity contribution >= 4 is 23.0 Å². The van der Waals surface area contributed by atoms with Crippen LogP contribution in [-0.2, 0) is 12.7 Å². The molecule has 2 N–H and O–H groups in total. The van der Waals surface area contributed by atoms with Gasteiger partial charge in [-0.1, -0.05) is 6.07 Å². The van der Waals surface area contributed by atoms with Crippen LogP contribution in [0, 0.1) is 12.7 Å². The molecule has 0 aliphatic carbocycles. The summed E-state index contributed by atoms with van der Waals surface area (Å²) in [5, 5.41) is 10.8. The number of carboxylic acid groups (broad SMARTS) is 1. The number of carbonyl (C=O) groups excluding carboxylic acids is 1. The number of hydrogen-bond acceptors (Lipinski definition) is 3. The Hall–Kier alpha value is -3.77. The van der Waals surface area contributed by atoms with Gasteiger partial charge in [0.1, 0.15) is 17.3 Å². The summed E-state index contributed by atoms with van der Waals surface area (Å²) in [5.74, 6) is -3.07. The van der Waals surface area contributed by atoms with E-state index >= 15 is 0 Å². The molecule has 1 unspecified atom stereocenters. The minimum atomic E-state index is -5.25. The molecule has 1 aromatic heterocycles. The van der Waals surface area contributed by atoms with Crippen molar-refractivity contribution in [3.8, 4) is 5.75 Å². The number of benzene rings is 2. The number of nitrogens with zero attached hydrogens (tertiary/aromatic N) is 1. The molecule has 0 fully saturated rings. The maximum atomic E-state index is 13.8. The van der Waals surface area contributed by atoms with Gasteiger partial charge in [-0.2, -0.15) is 26.3 Å². The van der Waals surface area contributed by atoms with Gasteiger partial charge in [0.05, 0.1) is 5.56 Å². The molecule has 0 saturated carbocycles. The molecule has 3 rings (SSSR count). The van der Waals surface area contributed by atoms with Gasteiger partial charge in [-0.3, -0.25) is 4.79 Å². The van der Waals surface area contributed by atoms with Gasteiger partial charge in [0.2, 0.25) is 0 Å². The number of rotatable bonds is 5. The fourth-order valence-electron chi connectivity index (χ4n) is 3.62. The number of aromatic nitrogens is 1. The Morgan fingerprint density at radius 3 is 2.29 bits per heavy atom. The zero-order valence-corrected chi connectivity index (χ0v) is 18.0. The van der Waals surface area contributed by atoms with Crippen molar-refractivity contribution < 1.29 is 50.2 Å². The predicted molar refractivity (Wildman–Crippen MR) is 109 cm³/mol. The van der Waals surface area contributed by atoms with Gasteiger partial charge in [0.25, 0.3) is 5.91 Å². The average Bonchev–Trinajstić information content (AvgIpc) is 3.08. The number of hydrogen-bond donors (Lipinski definition) is 2. The second kappa shape index (κ2) is 9.12. The van der Waals surface area contributed by atoms with E-state index in [1.54, 1.807) is 12.2 Å². The van der Waals surface area contributed by atoms with Crippen LogP contribution >= 0.6 is 0 Å². The van der Waals surface area contributed by atoms with Crippen molar-refractivity contribution in [2.75, 3.05) is 0 Å². The molecular formula is C22H17F7N2O4. The number of amides is 1. The van der Waals surface area contributed by atoms with Crippen molar-refractivity contribution in [2.24, 2.45) is 0 Å². The lowest BCUT2D eigenvalue weighted by atomic mass is 10.0. The second-order valence-electron chi connectivity index (χ2n) is 7.50. The van der Waals surface area contributed by atoms with Gasteiger partial charge in [-0.15, -0.1) is 0 Å². The molecule has 6 nitrogen and oxygen atoms in total. The summed E-state index contributed by atoms with van der Waals surface area (Å²) in [5.41, 5.74) is -2.41. The van der Waals surface area contributed by atoms with Crippen LogP contribution in [0.4, 0.5) is 35.5 Å². The smallest absolute Gasteiger partial charge is 0.449 e. The third-order valence-electron chi connectivity index (χ3n) is 5.18. The molecule has 0 bridgehead atoms. The number of aryl methyl sites for hydroxylation is 2. The molecule has 13 heteroatoms. The number of alkyl halides is 6. The van der Waals surface area contributed by atoms with E-state index in [2.05, 4.69) is 4.74 Å². The molecule has 1 amide bonds. The van der Waals surface area contributed by atoms with E-state index in [4.69, 9.17) is 5.11 Å². The molecule has 0 spiro atoms. The highest BCUT2D eigenvalue weighted by Crippen LogP contribution is 2.38. The Labute approximate surface area is 192 Å². The Balaban J connectivity index is 2.05. The number of halogens is 7. The van der Waals surface area contributed by atoms with E-state index in [0.717, 1.165) is 0 Å². The van der Waals surface area contributed by atoms with Crippen molar-refractivity contribution in [2.45, 2.75) is 38.8 Å². The highest BCUT2D eigenvalue weighted by molar-refractivity contribution is 5.99. The lowest BCUT2D eigenvalue weighted by Crippen LogP contribution is -2.39. The summed E-state index contributed by atoms with van der Waals surface area (Å²) in [4.78, 5) is 23.7. The Bertz CT molecular complexity index is 1300. The normalized spacial score (nSPS) is 13.1. The first-order chi connectivity index (χ1) is 16.1. The van der Waals surface area contributed by atoms with Crippen molar-refractivity contribution in [3.05, 3.63) is 64.6 Å². The fraction of sp³-hybridized carbons (Fsp3) is 0.273. The first kappa shape index (κ1) is 25.8. The minimum absolute atomic E-state index is 0.00200. The van der Waals surface area contributed by atoms with Crippen LogP contribution in [0.3, 0.4) is 0 Å². The van der Waals surface area contributed by atoms with E-state index in [-0.39, 0.29) is 35.5 Å². The topological polar surface area (TPSA) is 80.6 Å². The summed E-state index contributed by atoms with van der Waals surface area (Å²) >= 11 is 0. The fourth-order valence-corrected chi connectivity index (χ4v) is 3.62. The summed E-state index contributed by atoms with van der Waals surface area (Å²) in [6.45, 7) is 3.25. The molecule has 0 aliphatic rings. The number of fused-ring (bicyclic) bond motifs is 1. The summed E-state index contributed by atoms with van der Waals surface area (Å²) < 4.78 is 99.9. The lowest BCUT2D eigenvalue weighted by Gasteiger charge is -2.23. The van der Waals surface area contributed by atoms with E-state index in [1.165, 1.54) is 29.7 Å². The van der Waals surface area contributed by atoms with E-state index in [9.17, 15) is 40.3 Å². The van der Waals surface area contributed by atoms with Crippen LogP contribution in [-0.4, -0.2) is 27.9 Å². The highest BCUT2D eigenvalue weighted by Gasteiger charge is 2.44. The molecule has 188 valence electrons. The second-order valence-corrected chi connectivity index (χ2v) is 7.50. The molecule has 0 saturated heterocycles. The minimum Gasteiger partial charge on any atom is -0.449 e. The van der Waals surface area contributed by atoms with Crippen LogP contribution in [0.1, 0.15) is 40.1 Å². The quantitative estimate of drug-likeness (QED) is 0.245. The molecule has 1 atom stereocenters. The Morgan fingerprint density at radius 1 is 1.09 bits per heavy atom. The van der Waals surface area contributed by atoms with Gasteiger partial charge in [0, 0.05) is 17.4 Å². The summed E-state index contributed by atoms with van der Waals surface area (Å²) in [6, 6.07) is 1.86. The molecule has 3 aromatic rings. The standard InChI is InChI=1S/C22H17F7N2O4/c1-3-31-15-6-10(2)17(35-20(33)34)9-12(15)8-16(31)19(32)30-18(22(27,28)29)11-4-5-14(23)13(7-11)21(24,25)26/h4-9,18H,3H2,1-2H3,(H,30,32)(H,33,34). The first-order valence-electron chi connectivity index (χ1n) is 9.92. The summed E-state index contributed by atoms with van der Waals surface area (Å²) in [7, 11) is 0. The largest absolute Gasteiger partial charge is 0.511 e. The summed E-state index contributed by atoms with van der Waals surface area (Å²) in [6.07, 6.45) is -12.0. The molecular weight excluding hydrogens is 489 g/mol. The Kier molecular flexibility index (Phi) is 6.73. The zero-order valence-electron chi connectivity index (χ0n) is 18.0. The molecule has 1 heterocycles. The predicted octanol–water partition coefficient (Wildman–Crippen LogP) is 6.22. The van der Waals surface area contributed by atoms with Gasteiger partial charge in [0.15, 0.2) is 6.04 Å². The van der Waals surface area contributed by atoms with Crippen molar-refractivity contribution in [3.63, 3.8) is 0 Å². The van der Waals surface area contributed by atoms with Gasteiger partial charge >= 0.3 is 18.5 Å². The monoisotopic (exact) mass is 506 g/mol. The number of nitrogens with one attached hydrogen (secondary N) is 1. The lowest BCUT2D eigenvalue weighted by molar-refractivity contribution is -0.156. The van der Waals surface area contributed by atoms with E-state index < -0.39 is 47.4 Å². The van der Waals surface area contributed by atoms with Gasteiger partial charge in [-0.05, 0) is 55.3 Å². The molecule has 0 aliphatic heterocycles. The molecule has 0 radical (unpaired) electrons. The Morgan fingerprint density at radius 2 is 1.74 bits per heavy atom. The number of ether oxygens (including phenoxy) is 1.